The molecule has 0 bridgehead atoms. The van der Waals surface area contributed by atoms with Gasteiger partial charge in [-0.15, -0.1) is 11.3 Å². The maximum absolute atomic E-state index is 6.45. The maximum Gasteiger partial charge on any atom is 0.152 e. The van der Waals surface area contributed by atoms with Gasteiger partial charge in [-0.25, -0.2) is 0 Å². The molecule has 0 spiro atoms. The van der Waals surface area contributed by atoms with Crippen LogP contribution in [0.1, 0.15) is 0 Å². The van der Waals surface area contributed by atoms with Crippen molar-refractivity contribution in [3.05, 3.63) is 231 Å². The molecule has 0 saturated heterocycles. The Morgan fingerprint density at radius 1 is 0.375 bits per heavy atom. The SMILES string of the molecule is c1ccc(-c2ccc(-c3ccc(N(c4ccc(-c5cccc6c5sc5ccccc56)cc4)c4ccccc4-c4ccc5c(c4)c4cccc6c4n5-c4ccccc4O6)cc3)cc2)cc1. The van der Waals surface area contributed by atoms with Crippen LogP contribution in [-0.2, 0) is 0 Å². The van der Waals surface area contributed by atoms with Crippen molar-refractivity contribution < 1.29 is 4.74 Å². The first-order valence-corrected chi connectivity index (χ1v) is 22.6. The summed E-state index contributed by atoms with van der Waals surface area (Å²) in [7, 11) is 0. The summed E-state index contributed by atoms with van der Waals surface area (Å²) in [4.78, 5) is 2.41. The summed E-state index contributed by atoms with van der Waals surface area (Å²) < 4.78 is 11.4. The van der Waals surface area contributed by atoms with Crippen molar-refractivity contribution in [3.8, 4) is 61.7 Å². The van der Waals surface area contributed by atoms with Crippen LogP contribution >= 0.6 is 11.3 Å². The Labute approximate surface area is 374 Å². The van der Waals surface area contributed by atoms with Gasteiger partial charge in [0.05, 0.1) is 22.4 Å². The van der Waals surface area contributed by atoms with E-state index in [0.717, 1.165) is 56.4 Å². The van der Waals surface area contributed by atoms with Gasteiger partial charge < -0.3 is 14.2 Å². The normalized spacial score (nSPS) is 11.9. The van der Waals surface area contributed by atoms with Crippen LogP contribution in [0.3, 0.4) is 0 Å². The first kappa shape index (κ1) is 36.5. The molecule has 300 valence electrons. The molecule has 0 amide bonds. The molecule has 0 aliphatic carbocycles. The molecule has 2 aromatic heterocycles. The third-order valence-corrected chi connectivity index (χ3v) is 14.0. The van der Waals surface area contributed by atoms with Gasteiger partial charge in [0, 0.05) is 47.9 Å². The molecule has 64 heavy (non-hydrogen) atoms. The van der Waals surface area contributed by atoms with Crippen molar-refractivity contribution in [2.24, 2.45) is 0 Å². The summed E-state index contributed by atoms with van der Waals surface area (Å²) in [6.07, 6.45) is 0. The zero-order valence-electron chi connectivity index (χ0n) is 34.7. The van der Waals surface area contributed by atoms with Crippen LogP contribution in [0, 0.1) is 0 Å². The smallest absolute Gasteiger partial charge is 0.152 e. The first-order valence-electron chi connectivity index (χ1n) is 21.7. The highest BCUT2D eigenvalue weighted by Crippen LogP contribution is 2.48. The molecule has 12 aromatic rings. The number of thiophene rings is 1. The minimum Gasteiger partial charge on any atom is -0.453 e. The van der Waals surface area contributed by atoms with Crippen molar-refractivity contribution in [2.75, 3.05) is 4.90 Å². The summed E-state index contributed by atoms with van der Waals surface area (Å²) >= 11 is 1.87. The summed E-state index contributed by atoms with van der Waals surface area (Å²) in [6.45, 7) is 0. The zero-order valence-corrected chi connectivity index (χ0v) is 35.5. The van der Waals surface area contributed by atoms with Crippen LogP contribution < -0.4 is 9.64 Å². The Bertz CT molecular complexity index is 3730. The molecule has 13 rings (SSSR count). The van der Waals surface area contributed by atoms with E-state index in [1.165, 1.54) is 64.3 Å². The molecular formula is C60H38N2OS. The van der Waals surface area contributed by atoms with E-state index in [4.69, 9.17) is 4.74 Å². The molecule has 0 fully saturated rings. The van der Waals surface area contributed by atoms with Gasteiger partial charge in [0.2, 0.25) is 0 Å². The lowest BCUT2D eigenvalue weighted by Crippen LogP contribution is -2.11. The van der Waals surface area contributed by atoms with E-state index < -0.39 is 0 Å². The second-order valence-electron chi connectivity index (χ2n) is 16.5. The van der Waals surface area contributed by atoms with Crippen molar-refractivity contribution in [3.63, 3.8) is 0 Å². The van der Waals surface area contributed by atoms with Crippen LogP contribution in [0.15, 0.2) is 231 Å². The topological polar surface area (TPSA) is 17.4 Å². The Morgan fingerprint density at radius 2 is 0.938 bits per heavy atom. The van der Waals surface area contributed by atoms with Crippen molar-refractivity contribution >= 4 is 70.4 Å². The Balaban J connectivity index is 0.940. The lowest BCUT2D eigenvalue weighted by atomic mass is 9.98. The molecule has 0 N–H and O–H groups in total. The summed E-state index contributed by atoms with van der Waals surface area (Å²) in [6, 6.07) is 83.4. The number of para-hydroxylation sites is 4. The fourth-order valence-electron chi connectivity index (χ4n) is 9.78. The van der Waals surface area contributed by atoms with Gasteiger partial charge in [-0.2, -0.15) is 0 Å². The highest BCUT2D eigenvalue weighted by Gasteiger charge is 2.25. The highest BCUT2D eigenvalue weighted by molar-refractivity contribution is 7.26. The van der Waals surface area contributed by atoms with Crippen LogP contribution in [0.5, 0.6) is 11.5 Å². The Hall–Kier alpha value is -8.18. The van der Waals surface area contributed by atoms with Crippen LogP contribution in [0.25, 0.3) is 92.2 Å². The average Bonchev–Trinajstić information content (AvgIpc) is 3.92. The lowest BCUT2D eigenvalue weighted by Gasteiger charge is -2.28. The maximum atomic E-state index is 6.45. The predicted octanol–water partition coefficient (Wildman–Crippen LogP) is 17.4. The molecule has 0 radical (unpaired) electrons. The van der Waals surface area contributed by atoms with Crippen molar-refractivity contribution in [2.45, 2.75) is 0 Å². The quantitative estimate of drug-likeness (QED) is 0.159. The molecular weight excluding hydrogens is 797 g/mol. The van der Waals surface area contributed by atoms with Crippen LogP contribution in [0.2, 0.25) is 0 Å². The van der Waals surface area contributed by atoms with Gasteiger partial charge >= 0.3 is 0 Å². The molecule has 3 heterocycles. The van der Waals surface area contributed by atoms with Gasteiger partial charge in [-0.05, 0) is 106 Å². The number of hydrogen-bond donors (Lipinski definition) is 0. The summed E-state index contributed by atoms with van der Waals surface area (Å²) in [5, 5.41) is 4.99. The Kier molecular flexibility index (Phi) is 8.40. The standard InChI is InChI=1S/C60H38N2OS/c1-2-12-39(13-3-1)40-24-26-41(27-25-40)42-28-33-45(34-29-42)61(46-35-30-43(31-36-46)48-16-10-18-51-49-15-5-9-23-58(49)64-60(48)51)53-19-6-4-14-47(53)44-32-37-54-52(38-44)50-17-11-22-57-59(50)62(54)55-20-7-8-21-56(55)63-57/h1-38H. The van der Waals surface area contributed by atoms with Gasteiger partial charge in [-0.3, -0.25) is 0 Å². The van der Waals surface area contributed by atoms with Gasteiger partial charge in [0.25, 0.3) is 0 Å². The number of anilines is 3. The third-order valence-electron chi connectivity index (χ3n) is 12.8. The number of fused-ring (bicyclic) bond motifs is 8. The second-order valence-corrected chi connectivity index (χ2v) is 17.5. The zero-order chi connectivity index (χ0) is 42.1. The lowest BCUT2D eigenvalue weighted by molar-refractivity contribution is 0.476. The van der Waals surface area contributed by atoms with E-state index in [1.807, 2.05) is 23.5 Å². The van der Waals surface area contributed by atoms with E-state index in [2.05, 4.69) is 228 Å². The number of benzene rings is 10. The van der Waals surface area contributed by atoms with Crippen molar-refractivity contribution in [1.82, 2.24) is 4.57 Å². The largest absolute Gasteiger partial charge is 0.453 e. The van der Waals surface area contributed by atoms with Crippen LogP contribution in [-0.4, -0.2) is 4.57 Å². The minimum atomic E-state index is 0.867. The minimum absolute atomic E-state index is 0.867. The van der Waals surface area contributed by atoms with Gasteiger partial charge in [0.1, 0.15) is 0 Å². The summed E-state index contributed by atoms with van der Waals surface area (Å²) in [5.74, 6) is 1.75. The third kappa shape index (κ3) is 5.88. The Morgan fingerprint density at radius 3 is 1.73 bits per heavy atom. The van der Waals surface area contributed by atoms with Crippen LogP contribution in [0.4, 0.5) is 17.1 Å². The molecule has 0 atom stereocenters. The number of hydrogen-bond acceptors (Lipinski definition) is 3. The van der Waals surface area contributed by atoms with Gasteiger partial charge in [-0.1, -0.05) is 164 Å². The molecule has 1 aliphatic heterocycles. The van der Waals surface area contributed by atoms with Gasteiger partial charge in [0.15, 0.2) is 11.5 Å². The number of aromatic nitrogens is 1. The van der Waals surface area contributed by atoms with E-state index in [0.29, 0.717) is 0 Å². The molecule has 0 unspecified atom stereocenters. The van der Waals surface area contributed by atoms with E-state index in [1.54, 1.807) is 0 Å². The average molecular weight is 835 g/mol. The second kappa shape index (κ2) is 14.7. The molecule has 0 saturated carbocycles. The van der Waals surface area contributed by atoms with Crippen molar-refractivity contribution in [1.29, 1.82) is 0 Å². The monoisotopic (exact) mass is 834 g/mol. The highest BCUT2D eigenvalue weighted by atomic mass is 32.1. The molecule has 1 aliphatic rings. The first-order chi connectivity index (χ1) is 31.7. The molecule has 4 heteroatoms. The van der Waals surface area contributed by atoms with E-state index in [9.17, 15) is 0 Å². The summed E-state index contributed by atoms with van der Waals surface area (Å²) in [5.41, 5.74) is 16.1. The predicted molar refractivity (Wildman–Crippen MR) is 270 cm³/mol. The fraction of sp³-hybridized carbons (Fsp3) is 0. The molecule has 3 nitrogen and oxygen atoms in total. The molecule has 10 aromatic carbocycles. The number of rotatable bonds is 7. The number of ether oxygens (including phenoxy) is 1. The fourth-order valence-corrected chi connectivity index (χ4v) is 11.0. The van der Waals surface area contributed by atoms with E-state index in [-0.39, 0.29) is 0 Å². The number of nitrogens with zero attached hydrogens (tertiary/aromatic N) is 2. The van der Waals surface area contributed by atoms with E-state index >= 15 is 0 Å².